The lowest BCUT2D eigenvalue weighted by Crippen LogP contribution is -2.47. The van der Waals surface area contributed by atoms with Crippen LogP contribution in [0.15, 0.2) is 36.4 Å². The molecule has 0 bridgehead atoms. The van der Waals surface area contributed by atoms with Crippen LogP contribution in [0.5, 0.6) is 17.2 Å². The minimum absolute atomic E-state index is 0.432. The maximum atomic E-state index is 6.23. The van der Waals surface area contributed by atoms with Gasteiger partial charge in [0.1, 0.15) is 11.6 Å². The Bertz CT molecular complexity index is 1020. The van der Waals surface area contributed by atoms with Crippen LogP contribution in [0.2, 0.25) is 0 Å². The first-order chi connectivity index (χ1) is 14.1. The minimum Gasteiger partial charge on any atom is -0.497 e. The summed E-state index contributed by atoms with van der Waals surface area (Å²) in [7, 11) is 4.88. The molecule has 8 nitrogen and oxygen atoms in total. The van der Waals surface area contributed by atoms with Crippen LogP contribution in [-0.2, 0) is 0 Å². The van der Waals surface area contributed by atoms with Crippen LogP contribution in [-0.4, -0.2) is 57.5 Å². The van der Waals surface area contributed by atoms with Gasteiger partial charge < -0.3 is 29.7 Å². The minimum atomic E-state index is 0.432. The van der Waals surface area contributed by atoms with E-state index in [1.165, 1.54) is 0 Å². The third kappa shape index (κ3) is 3.65. The van der Waals surface area contributed by atoms with Gasteiger partial charge in [0.25, 0.3) is 0 Å². The number of ether oxygens (including phenoxy) is 3. The first-order valence-electron chi connectivity index (χ1n) is 9.46. The van der Waals surface area contributed by atoms with E-state index in [1.54, 1.807) is 21.3 Å². The Balaban J connectivity index is 1.56. The van der Waals surface area contributed by atoms with Gasteiger partial charge in [-0.15, -0.1) is 0 Å². The highest BCUT2D eigenvalue weighted by molar-refractivity contribution is 5.91. The van der Waals surface area contributed by atoms with Gasteiger partial charge >= 0.3 is 0 Å². The van der Waals surface area contributed by atoms with Crippen LogP contribution in [0, 0.1) is 0 Å². The quantitative estimate of drug-likeness (QED) is 0.705. The van der Waals surface area contributed by atoms with E-state index in [4.69, 9.17) is 24.9 Å². The average molecular weight is 395 g/mol. The Morgan fingerprint density at radius 2 is 1.52 bits per heavy atom. The number of fused-ring (bicyclic) bond motifs is 1. The summed E-state index contributed by atoms with van der Waals surface area (Å²) in [5, 5.41) is 0.751. The van der Waals surface area contributed by atoms with Crippen molar-refractivity contribution >= 4 is 28.4 Å². The van der Waals surface area contributed by atoms with Crippen molar-refractivity contribution in [2.24, 2.45) is 0 Å². The SMILES string of the molecule is COc1cccc(N2CCN(c3nc(N)c4cc(OC)c(OC)cc4n3)CC2)c1. The van der Waals surface area contributed by atoms with Gasteiger partial charge in [0.15, 0.2) is 11.5 Å². The molecular formula is C21H25N5O3. The third-order valence-electron chi connectivity index (χ3n) is 5.20. The van der Waals surface area contributed by atoms with E-state index in [1.807, 2.05) is 24.3 Å². The number of aromatic nitrogens is 2. The molecule has 29 heavy (non-hydrogen) atoms. The lowest BCUT2D eigenvalue weighted by molar-refractivity contribution is 0.356. The fourth-order valence-electron chi connectivity index (χ4n) is 3.58. The standard InChI is InChI=1S/C21H25N5O3/c1-27-15-6-4-5-14(11-15)25-7-9-26(10-8-25)21-23-17-13-19(29-3)18(28-2)12-16(17)20(22)24-21/h4-6,11-13H,7-10H2,1-3H3,(H2,22,23,24). The number of nitrogens with zero attached hydrogens (tertiary/aromatic N) is 4. The van der Waals surface area contributed by atoms with Crippen LogP contribution in [0.1, 0.15) is 0 Å². The van der Waals surface area contributed by atoms with Crippen LogP contribution < -0.4 is 29.7 Å². The molecular weight excluding hydrogens is 370 g/mol. The smallest absolute Gasteiger partial charge is 0.228 e. The summed E-state index contributed by atoms with van der Waals surface area (Å²) in [5.74, 6) is 3.15. The monoisotopic (exact) mass is 395 g/mol. The molecule has 2 heterocycles. The molecule has 0 aliphatic carbocycles. The number of nitrogens with two attached hydrogens (primary N) is 1. The molecule has 1 aliphatic rings. The summed E-state index contributed by atoms with van der Waals surface area (Å²) >= 11 is 0. The summed E-state index contributed by atoms with van der Waals surface area (Å²) in [6, 6.07) is 11.8. The van der Waals surface area contributed by atoms with Crippen LogP contribution >= 0.6 is 0 Å². The molecule has 0 saturated carbocycles. The number of hydrogen-bond acceptors (Lipinski definition) is 8. The highest BCUT2D eigenvalue weighted by Gasteiger charge is 2.21. The predicted octanol–water partition coefficient (Wildman–Crippen LogP) is 2.56. The van der Waals surface area contributed by atoms with Crippen molar-refractivity contribution < 1.29 is 14.2 Å². The molecule has 0 radical (unpaired) electrons. The number of anilines is 3. The molecule has 3 aromatic rings. The largest absolute Gasteiger partial charge is 0.497 e. The summed E-state index contributed by atoms with van der Waals surface area (Å²) in [6.45, 7) is 3.33. The second kappa shape index (κ2) is 7.90. The van der Waals surface area contributed by atoms with Gasteiger partial charge in [0.05, 0.1) is 26.8 Å². The van der Waals surface area contributed by atoms with E-state index in [0.717, 1.165) is 48.5 Å². The molecule has 0 spiro atoms. The molecule has 1 aromatic heterocycles. The Morgan fingerprint density at radius 1 is 0.828 bits per heavy atom. The summed E-state index contributed by atoms with van der Waals surface area (Å²) in [5.41, 5.74) is 8.12. The molecule has 1 fully saturated rings. The molecule has 0 atom stereocenters. The lowest BCUT2D eigenvalue weighted by Gasteiger charge is -2.36. The Morgan fingerprint density at radius 3 is 2.21 bits per heavy atom. The summed E-state index contributed by atoms with van der Waals surface area (Å²) in [4.78, 5) is 13.8. The van der Waals surface area contributed by atoms with E-state index in [0.29, 0.717) is 23.3 Å². The van der Waals surface area contributed by atoms with E-state index in [9.17, 15) is 0 Å². The van der Waals surface area contributed by atoms with Crippen molar-refractivity contribution in [2.45, 2.75) is 0 Å². The molecule has 0 amide bonds. The maximum Gasteiger partial charge on any atom is 0.228 e. The second-order valence-electron chi connectivity index (χ2n) is 6.81. The fraction of sp³-hybridized carbons (Fsp3) is 0.333. The molecule has 2 aromatic carbocycles. The zero-order valence-electron chi connectivity index (χ0n) is 16.9. The van der Waals surface area contributed by atoms with E-state index in [-0.39, 0.29) is 0 Å². The van der Waals surface area contributed by atoms with E-state index in [2.05, 4.69) is 26.9 Å². The molecule has 8 heteroatoms. The van der Waals surface area contributed by atoms with Crippen molar-refractivity contribution in [3.05, 3.63) is 36.4 Å². The average Bonchev–Trinajstić information content (AvgIpc) is 2.78. The topological polar surface area (TPSA) is 86.0 Å². The Labute approximate surface area is 169 Å². The van der Waals surface area contributed by atoms with Crippen LogP contribution in [0.4, 0.5) is 17.5 Å². The normalized spacial score (nSPS) is 14.2. The highest BCUT2D eigenvalue weighted by Crippen LogP contribution is 2.34. The molecule has 1 aliphatic heterocycles. The highest BCUT2D eigenvalue weighted by atomic mass is 16.5. The third-order valence-corrected chi connectivity index (χ3v) is 5.20. The van der Waals surface area contributed by atoms with Crippen molar-refractivity contribution in [1.82, 2.24) is 9.97 Å². The molecule has 4 rings (SSSR count). The first kappa shape index (κ1) is 18.9. The Kier molecular flexibility index (Phi) is 5.16. The number of piperazine rings is 1. The molecule has 1 saturated heterocycles. The Hall–Kier alpha value is -3.42. The number of methoxy groups -OCH3 is 3. The van der Waals surface area contributed by atoms with Gasteiger partial charge in [0, 0.05) is 49.4 Å². The summed E-state index contributed by atoms with van der Waals surface area (Å²) < 4.78 is 16.1. The van der Waals surface area contributed by atoms with Crippen molar-refractivity contribution in [2.75, 3.05) is 63.0 Å². The van der Waals surface area contributed by atoms with E-state index >= 15 is 0 Å². The van der Waals surface area contributed by atoms with Gasteiger partial charge in [-0.05, 0) is 18.2 Å². The van der Waals surface area contributed by atoms with Crippen LogP contribution in [0.25, 0.3) is 10.9 Å². The molecule has 2 N–H and O–H groups in total. The van der Waals surface area contributed by atoms with Gasteiger partial charge in [0.2, 0.25) is 5.95 Å². The van der Waals surface area contributed by atoms with E-state index < -0.39 is 0 Å². The predicted molar refractivity (Wildman–Crippen MR) is 114 cm³/mol. The lowest BCUT2D eigenvalue weighted by atomic mass is 10.2. The van der Waals surface area contributed by atoms with Crippen molar-refractivity contribution in [1.29, 1.82) is 0 Å². The van der Waals surface area contributed by atoms with Gasteiger partial charge in [-0.3, -0.25) is 0 Å². The van der Waals surface area contributed by atoms with Crippen molar-refractivity contribution in [3.8, 4) is 17.2 Å². The number of nitrogen functional groups attached to an aromatic ring is 1. The number of hydrogen-bond donors (Lipinski definition) is 1. The first-order valence-corrected chi connectivity index (χ1v) is 9.46. The van der Waals surface area contributed by atoms with Gasteiger partial charge in [-0.1, -0.05) is 6.07 Å². The fourth-order valence-corrected chi connectivity index (χ4v) is 3.58. The number of benzene rings is 2. The summed E-state index contributed by atoms with van der Waals surface area (Å²) in [6.07, 6.45) is 0. The zero-order chi connectivity index (χ0) is 20.4. The van der Waals surface area contributed by atoms with Crippen molar-refractivity contribution in [3.63, 3.8) is 0 Å². The maximum absolute atomic E-state index is 6.23. The van der Waals surface area contributed by atoms with Crippen LogP contribution in [0.3, 0.4) is 0 Å². The van der Waals surface area contributed by atoms with Gasteiger partial charge in [-0.25, -0.2) is 4.98 Å². The number of rotatable bonds is 5. The zero-order valence-corrected chi connectivity index (χ0v) is 16.9. The van der Waals surface area contributed by atoms with Gasteiger partial charge in [-0.2, -0.15) is 4.98 Å². The second-order valence-corrected chi connectivity index (χ2v) is 6.81. The molecule has 152 valence electrons. The molecule has 0 unspecified atom stereocenters.